The van der Waals surface area contributed by atoms with E-state index in [4.69, 9.17) is 5.14 Å². The van der Waals surface area contributed by atoms with Gasteiger partial charge in [-0.2, -0.15) is 0 Å². The molecular weight excluding hydrogens is 156 g/mol. The maximum atomic E-state index is 4.78. The van der Waals surface area contributed by atoms with Crippen molar-refractivity contribution in [2.75, 3.05) is 0 Å². The molecule has 0 saturated carbocycles. The van der Waals surface area contributed by atoms with Gasteiger partial charge in [0.05, 0.1) is 0 Å². The molecule has 0 atom stereocenters. The second-order valence-electron chi connectivity index (χ2n) is 0.232. The maximum absolute atomic E-state index is 4.78. The van der Waals surface area contributed by atoms with Crippen LogP contribution in [-0.2, 0) is 19.5 Å². The fraction of sp³-hybridized carbons (Fsp3) is 0. The van der Waals surface area contributed by atoms with Crippen molar-refractivity contribution in [1.29, 1.82) is 0 Å². The predicted octanol–water partition coefficient (Wildman–Crippen LogP) is 0.548. The maximum Gasteiger partial charge on any atom is 0.0495 e. The van der Waals surface area contributed by atoms with Crippen molar-refractivity contribution in [3.8, 4) is 0 Å². The third kappa shape index (κ3) is 11.2. The van der Waals surface area contributed by atoms with Crippen molar-refractivity contribution < 1.29 is 19.5 Å². The summed E-state index contributed by atoms with van der Waals surface area (Å²) in [7, 11) is 0. The van der Waals surface area contributed by atoms with Gasteiger partial charge in [0.15, 0.2) is 0 Å². The summed E-state index contributed by atoms with van der Waals surface area (Å²) in [4.78, 5) is 0. The molecule has 0 radical (unpaired) electrons. The summed E-state index contributed by atoms with van der Waals surface area (Å²) in [5.41, 5.74) is 0. The molecule has 0 bridgehead atoms. The number of thiocarbonyl (C=S) groups is 1. The van der Waals surface area contributed by atoms with E-state index in [2.05, 4.69) is 12.2 Å². The number of nitrogens with two attached hydrogens (primary N) is 1. The Labute approximate surface area is 53.6 Å². The van der Waals surface area contributed by atoms with Crippen LogP contribution in [0.3, 0.4) is 0 Å². The van der Waals surface area contributed by atoms with E-state index in [1.807, 2.05) is 0 Å². The summed E-state index contributed by atoms with van der Waals surface area (Å²) in [5.74, 6) is 0. The van der Waals surface area contributed by atoms with E-state index in [0.29, 0.717) is 0 Å². The van der Waals surface area contributed by atoms with Gasteiger partial charge in [0.25, 0.3) is 0 Å². The van der Waals surface area contributed by atoms with Crippen molar-refractivity contribution in [3.63, 3.8) is 0 Å². The predicted molar refractivity (Wildman–Crippen MR) is 25.4 cm³/mol. The van der Waals surface area contributed by atoms with Crippen LogP contribution in [0.5, 0.6) is 0 Å². The molecule has 0 amide bonds. The van der Waals surface area contributed by atoms with Crippen molar-refractivity contribution in [1.82, 2.24) is 0 Å². The molecule has 0 aromatic rings. The van der Waals surface area contributed by atoms with Gasteiger partial charge in [-0.05, 0) is 11.9 Å². The molecule has 0 aromatic carbocycles. The number of rotatable bonds is 1. The van der Waals surface area contributed by atoms with Crippen LogP contribution >= 0.6 is 24.2 Å². The largest absolute Gasteiger partial charge is 0.273 e. The monoisotopic (exact) mass is 157 g/mol. The van der Waals surface area contributed by atoms with Crippen molar-refractivity contribution in [3.05, 3.63) is 0 Å². The van der Waals surface area contributed by atoms with Crippen molar-refractivity contribution in [2.24, 2.45) is 5.14 Å². The molecule has 0 heterocycles. The molecule has 0 aliphatic carbocycles. The molecule has 5 heavy (non-hydrogen) atoms. The molecule has 0 aliphatic heterocycles. The van der Waals surface area contributed by atoms with Crippen LogP contribution in [0.4, 0.5) is 0 Å². The molecule has 2 N–H and O–H groups in total. The summed E-state index contributed by atoms with van der Waals surface area (Å²) in [6.45, 7) is 0. The Hall–Kier alpha value is 1.02. The van der Waals surface area contributed by atoms with Crippen LogP contribution < -0.4 is 5.14 Å². The van der Waals surface area contributed by atoms with Crippen LogP contribution in [0.25, 0.3) is 0 Å². The molecule has 0 fully saturated rings. The van der Waals surface area contributed by atoms with Gasteiger partial charge in [0.1, 0.15) is 0 Å². The Morgan fingerprint density at radius 2 is 2.00 bits per heavy atom. The van der Waals surface area contributed by atoms with Crippen LogP contribution in [0.1, 0.15) is 0 Å². The quantitative estimate of drug-likeness (QED) is 0.343. The molecule has 0 aliphatic rings. The Balaban J connectivity index is 0. The second-order valence-corrected chi connectivity index (χ2v) is 1.27. The zero-order valence-electron chi connectivity index (χ0n) is 2.68. The normalized spacial score (nSPS) is 5.00. The van der Waals surface area contributed by atoms with Gasteiger partial charge in [0.2, 0.25) is 0 Å². The summed E-state index contributed by atoms with van der Waals surface area (Å²) in [6.07, 6.45) is 0. The molecule has 1 nitrogen and oxygen atoms in total. The Kier molecular flexibility index (Phi) is 16.7. The van der Waals surface area contributed by atoms with Crippen LogP contribution in [0.2, 0.25) is 0 Å². The van der Waals surface area contributed by atoms with Gasteiger partial charge in [-0.1, -0.05) is 12.2 Å². The third-order valence-electron chi connectivity index (χ3n) is 0.0556. The zero-order chi connectivity index (χ0) is 3.41. The van der Waals surface area contributed by atoms with Crippen LogP contribution in [0.15, 0.2) is 0 Å². The molecule has 26 valence electrons. The summed E-state index contributed by atoms with van der Waals surface area (Å²) in [5, 5.41) is 4.78. The minimum absolute atomic E-state index is 0. The fourth-order valence-electron chi connectivity index (χ4n) is 0. The standard InChI is InChI=1S/CH3NS2.Zn/c2-4-1-3;/h1H,2H2;. The van der Waals surface area contributed by atoms with Crippen molar-refractivity contribution >= 4 is 28.9 Å². The molecule has 0 spiro atoms. The summed E-state index contributed by atoms with van der Waals surface area (Å²) < 4.78 is 1.40. The average Bonchev–Trinajstić information content (AvgIpc) is 1.37. The Bertz CT molecular complexity index is 23.6. The zero-order valence-corrected chi connectivity index (χ0v) is 7.28. The minimum atomic E-state index is 0. The van der Waals surface area contributed by atoms with E-state index in [9.17, 15) is 0 Å². The third-order valence-corrected chi connectivity index (χ3v) is 0.500. The molecule has 0 saturated heterocycles. The molecule has 4 heteroatoms. The molecule has 0 rings (SSSR count). The first-order chi connectivity index (χ1) is 1.91. The van der Waals surface area contributed by atoms with Crippen LogP contribution in [0, 0.1) is 0 Å². The first-order valence-corrected chi connectivity index (χ1v) is 2.12. The van der Waals surface area contributed by atoms with Crippen LogP contribution in [-0.4, -0.2) is 4.70 Å². The van der Waals surface area contributed by atoms with Gasteiger partial charge >= 0.3 is 0 Å². The number of hydrogen-bond donors (Lipinski definition) is 1. The summed E-state index contributed by atoms with van der Waals surface area (Å²) >= 11 is 5.31. The fourth-order valence-corrected chi connectivity index (χ4v) is 0. The molecular formula is CH3NS2Zn. The topological polar surface area (TPSA) is 26.0 Å². The minimum Gasteiger partial charge on any atom is -0.273 e. The van der Waals surface area contributed by atoms with Gasteiger partial charge in [-0.15, -0.1) is 0 Å². The van der Waals surface area contributed by atoms with Gasteiger partial charge in [0, 0.05) is 24.2 Å². The average molecular weight is 159 g/mol. The summed E-state index contributed by atoms with van der Waals surface area (Å²) in [6, 6.07) is 0. The van der Waals surface area contributed by atoms with E-state index in [0.717, 1.165) is 11.9 Å². The van der Waals surface area contributed by atoms with Gasteiger partial charge < -0.3 is 0 Å². The van der Waals surface area contributed by atoms with Gasteiger partial charge in [-0.3, -0.25) is 5.14 Å². The van der Waals surface area contributed by atoms with Crippen molar-refractivity contribution in [2.45, 2.75) is 0 Å². The SMILES string of the molecule is NSC=S.[Zn]. The first kappa shape index (κ1) is 9.39. The van der Waals surface area contributed by atoms with E-state index < -0.39 is 0 Å². The van der Waals surface area contributed by atoms with E-state index in [1.54, 1.807) is 0 Å². The van der Waals surface area contributed by atoms with Gasteiger partial charge in [-0.25, -0.2) is 0 Å². The molecule has 0 unspecified atom stereocenters. The Morgan fingerprint density at radius 1 is 1.80 bits per heavy atom. The van der Waals surface area contributed by atoms with E-state index >= 15 is 0 Å². The van der Waals surface area contributed by atoms with E-state index in [1.165, 1.54) is 4.70 Å². The van der Waals surface area contributed by atoms with E-state index in [-0.39, 0.29) is 19.5 Å². The molecule has 0 aromatic heterocycles. The first-order valence-electron chi connectivity index (χ1n) is 0.707. The smallest absolute Gasteiger partial charge is 0.0495 e. The Morgan fingerprint density at radius 3 is 2.00 bits per heavy atom. The second kappa shape index (κ2) is 8.90. The number of hydrogen-bond acceptors (Lipinski definition) is 3.